The predicted molar refractivity (Wildman–Crippen MR) is 88.9 cm³/mol. The van der Waals surface area contributed by atoms with E-state index in [0.29, 0.717) is 11.6 Å². The van der Waals surface area contributed by atoms with Crippen molar-refractivity contribution >= 4 is 27.5 Å². The summed E-state index contributed by atoms with van der Waals surface area (Å²) in [7, 11) is -3.00. The van der Waals surface area contributed by atoms with E-state index in [1.807, 2.05) is 4.90 Å². The molecule has 0 bridgehead atoms. The largest absolute Gasteiger partial charge is 0.335 e. The second kappa shape index (κ2) is 7.17. The highest BCUT2D eigenvalue weighted by Gasteiger charge is 2.38. The molecule has 1 aromatic heterocycles. The summed E-state index contributed by atoms with van der Waals surface area (Å²) in [5.41, 5.74) is 0. The maximum absolute atomic E-state index is 12.8. The van der Waals surface area contributed by atoms with Gasteiger partial charge in [0.05, 0.1) is 17.3 Å². The van der Waals surface area contributed by atoms with Crippen LogP contribution in [-0.4, -0.2) is 58.5 Å². The Labute approximate surface area is 141 Å². The van der Waals surface area contributed by atoms with E-state index in [-0.39, 0.29) is 35.2 Å². The van der Waals surface area contributed by atoms with Gasteiger partial charge in [-0.25, -0.2) is 18.4 Å². The van der Waals surface area contributed by atoms with Gasteiger partial charge in [-0.15, -0.1) is 0 Å². The molecule has 1 atom stereocenters. The van der Waals surface area contributed by atoms with Crippen molar-refractivity contribution in [3.8, 4) is 0 Å². The van der Waals surface area contributed by atoms with Crippen molar-refractivity contribution in [1.29, 1.82) is 0 Å². The first-order valence-corrected chi connectivity index (χ1v) is 10.8. The molecule has 1 saturated carbocycles. The van der Waals surface area contributed by atoms with Crippen LogP contribution in [0, 0.1) is 0 Å². The summed E-state index contributed by atoms with van der Waals surface area (Å²) >= 11 is 1.31. The molecule has 0 aromatic carbocycles. The van der Waals surface area contributed by atoms with E-state index < -0.39 is 9.84 Å². The van der Waals surface area contributed by atoms with Gasteiger partial charge in [0.15, 0.2) is 15.0 Å². The Morgan fingerprint density at radius 1 is 1.17 bits per heavy atom. The highest BCUT2D eigenvalue weighted by Crippen LogP contribution is 2.30. The van der Waals surface area contributed by atoms with Gasteiger partial charge >= 0.3 is 0 Å². The lowest BCUT2D eigenvalue weighted by molar-refractivity contribution is -0.132. The Kier molecular flexibility index (Phi) is 5.21. The molecule has 8 heteroatoms. The Bertz CT molecular complexity index is 645. The summed E-state index contributed by atoms with van der Waals surface area (Å²) < 4.78 is 23.6. The van der Waals surface area contributed by atoms with Crippen LogP contribution in [0.5, 0.6) is 0 Å². The molecule has 2 aliphatic rings. The van der Waals surface area contributed by atoms with Gasteiger partial charge in [0, 0.05) is 24.5 Å². The third-order valence-corrected chi connectivity index (χ3v) is 7.09. The Morgan fingerprint density at radius 2 is 1.87 bits per heavy atom. The van der Waals surface area contributed by atoms with Crippen LogP contribution < -0.4 is 0 Å². The Morgan fingerprint density at radius 3 is 2.48 bits per heavy atom. The van der Waals surface area contributed by atoms with Crippen molar-refractivity contribution in [2.45, 2.75) is 49.3 Å². The number of thioether (sulfide) groups is 1. The number of carbonyl (C=O) groups excluding carboxylic acids is 1. The summed E-state index contributed by atoms with van der Waals surface area (Å²) in [6.45, 7) is 0. The lowest BCUT2D eigenvalue weighted by atomic mass is 10.1. The van der Waals surface area contributed by atoms with E-state index in [2.05, 4.69) is 9.97 Å². The molecule has 1 aliphatic carbocycles. The van der Waals surface area contributed by atoms with Crippen LogP contribution in [-0.2, 0) is 14.6 Å². The smallest absolute Gasteiger partial charge is 0.233 e. The van der Waals surface area contributed by atoms with Crippen molar-refractivity contribution in [3.63, 3.8) is 0 Å². The second-order valence-corrected chi connectivity index (χ2v) is 9.29. The number of aromatic nitrogens is 2. The summed E-state index contributed by atoms with van der Waals surface area (Å²) in [5, 5.41) is 0.575. The molecule has 3 rings (SSSR count). The molecular weight excluding hydrogens is 334 g/mol. The maximum Gasteiger partial charge on any atom is 0.233 e. The molecule has 1 aromatic rings. The Balaban J connectivity index is 1.68. The van der Waals surface area contributed by atoms with E-state index in [1.54, 1.807) is 18.5 Å². The molecular formula is C15H21N3O3S2. The molecule has 0 spiro atoms. The van der Waals surface area contributed by atoms with Crippen LogP contribution in [0.3, 0.4) is 0 Å². The predicted octanol–water partition coefficient (Wildman–Crippen LogP) is 1.53. The first kappa shape index (κ1) is 16.7. The van der Waals surface area contributed by atoms with Crippen molar-refractivity contribution < 1.29 is 13.2 Å². The number of rotatable bonds is 5. The zero-order valence-corrected chi connectivity index (χ0v) is 14.6. The monoisotopic (exact) mass is 355 g/mol. The fourth-order valence-electron chi connectivity index (χ4n) is 3.44. The summed E-state index contributed by atoms with van der Waals surface area (Å²) in [6, 6.07) is 1.77. The van der Waals surface area contributed by atoms with Crippen molar-refractivity contribution in [2.24, 2.45) is 0 Å². The van der Waals surface area contributed by atoms with Gasteiger partial charge in [0.2, 0.25) is 5.91 Å². The number of nitrogens with zero attached hydrogens (tertiary/aromatic N) is 3. The average molecular weight is 355 g/mol. The van der Waals surface area contributed by atoms with Crippen molar-refractivity contribution in [1.82, 2.24) is 14.9 Å². The fraction of sp³-hybridized carbons (Fsp3) is 0.667. The number of amides is 1. The van der Waals surface area contributed by atoms with Gasteiger partial charge < -0.3 is 4.90 Å². The first-order chi connectivity index (χ1) is 11.1. The lowest BCUT2D eigenvalue weighted by Gasteiger charge is -2.34. The molecule has 0 unspecified atom stereocenters. The third-order valence-electron chi connectivity index (χ3n) is 4.47. The third kappa shape index (κ3) is 4.23. The minimum atomic E-state index is -3.00. The number of hydrogen-bond donors (Lipinski definition) is 0. The van der Waals surface area contributed by atoms with Crippen molar-refractivity contribution in [2.75, 3.05) is 17.3 Å². The molecule has 23 heavy (non-hydrogen) atoms. The molecule has 1 amide bonds. The highest BCUT2D eigenvalue weighted by molar-refractivity contribution is 7.99. The van der Waals surface area contributed by atoms with E-state index in [4.69, 9.17) is 0 Å². The molecule has 1 saturated heterocycles. The minimum Gasteiger partial charge on any atom is -0.335 e. The summed E-state index contributed by atoms with van der Waals surface area (Å²) in [4.78, 5) is 22.9. The van der Waals surface area contributed by atoms with Gasteiger partial charge in [0.25, 0.3) is 0 Å². The van der Waals surface area contributed by atoms with Gasteiger partial charge in [-0.3, -0.25) is 4.79 Å². The zero-order chi connectivity index (χ0) is 16.3. The molecule has 2 heterocycles. The van der Waals surface area contributed by atoms with Crippen LogP contribution in [0.15, 0.2) is 23.6 Å². The van der Waals surface area contributed by atoms with Gasteiger partial charge in [0.1, 0.15) is 0 Å². The summed E-state index contributed by atoms with van der Waals surface area (Å²) in [5.74, 6) is 0.582. The normalized spacial score (nSPS) is 23.9. The second-order valence-electron chi connectivity index (χ2n) is 6.12. The van der Waals surface area contributed by atoms with E-state index in [0.717, 1.165) is 25.7 Å². The van der Waals surface area contributed by atoms with Crippen LogP contribution >= 0.6 is 11.8 Å². The number of sulfone groups is 1. The standard InChI is InChI=1S/C15H21N3O3S2/c19-14(10-22-15-16-7-3-8-17-15)18(12-4-1-2-5-12)13-6-9-23(20,21)11-13/h3,7-8,12-13H,1-2,4-6,9-11H2/t13-/m0/s1. The van der Waals surface area contributed by atoms with Crippen LogP contribution in [0.2, 0.25) is 0 Å². The zero-order valence-electron chi connectivity index (χ0n) is 12.9. The van der Waals surface area contributed by atoms with Gasteiger partial charge in [-0.2, -0.15) is 0 Å². The Hall–Kier alpha value is -1.15. The topological polar surface area (TPSA) is 80.2 Å². The van der Waals surface area contributed by atoms with E-state index >= 15 is 0 Å². The fourth-order valence-corrected chi connectivity index (χ4v) is 5.83. The van der Waals surface area contributed by atoms with Gasteiger partial charge in [-0.05, 0) is 25.3 Å². The minimum absolute atomic E-state index is 0.0106. The molecule has 1 aliphatic heterocycles. The number of hydrogen-bond acceptors (Lipinski definition) is 6. The molecule has 6 nitrogen and oxygen atoms in total. The molecule has 2 fully saturated rings. The quantitative estimate of drug-likeness (QED) is 0.589. The van der Waals surface area contributed by atoms with Crippen LogP contribution in [0.1, 0.15) is 32.1 Å². The first-order valence-electron chi connectivity index (χ1n) is 7.96. The summed E-state index contributed by atoms with van der Waals surface area (Å²) in [6.07, 6.45) is 8.06. The SMILES string of the molecule is O=C(CSc1ncccn1)N(C1CCCC1)[C@H]1CCS(=O)(=O)C1. The van der Waals surface area contributed by atoms with Crippen LogP contribution in [0.25, 0.3) is 0 Å². The van der Waals surface area contributed by atoms with E-state index in [1.165, 1.54) is 11.8 Å². The van der Waals surface area contributed by atoms with E-state index in [9.17, 15) is 13.2 Å². The molecule has 0 radical (unpaired) electrons. The maximum atomic E-state index is 12.8. The average Bonchev–Trinajstić information content (AvgIpc) is 3.17. The molecule has 0 N–H and O–H groups in total. The van der Waals surface area contributed by atoms with Gasteiger partial charge in [-0.1, -0.05) is 24.6 Å². The molecule has 126 valence electrons. The highest BCUT2D eigenvalue weighted by atomic mass is 32.2. The number of carbonyl (C=O) groups is 1. The van der Waals surface area contributed by atoms with Crippen molar-refractivity contribution in [3.05, 3.63) is 18.5 Å². The lowest BCUT2D eigenvalue weighted by Crippen LogP contribution is -2.47. The van der Waals surface area contributed by atoms with Crippen LogP contribution in [0.4, 0.5) is 0 Å².